The number of methoxy groups -OCH3 is 1. The van der Waals surface area contributed by atoms with Gasteiger partial charge in [-0.3, -0.25) is 14.4 Å². The van der Waals surface area contributed by atoms with Gasteiger partial charge in [0.1, 0.15) is 0 Å². The van der Waals surface area contributed by atoms with Crippen LogP contribution in [0, 0.1) is 0 Å². The predicted molar refractivity (Wildman–Crippen MR) is 44.4 cm³/mol. The number of nitrogens with two attached hydrogens (primary N) is 1. The van der Waals surface area contributed by atoms with Crippen LogP contribution in [0.2, 0.25) is 0 Å². The minimum Gasteiger partial charge on any atom is -0.385 e. The van der Waals surface area contributed by atoms with E-state index in [1.165, 1.54) is 0 Å². The number of hydrogen-bond acceptors (Lipinski definition) is 4. The molecule has 0 heterocycles. The van der Waals surface area contributed by atoms with E-state index in [9.17, 15) is 9.59 Å². The predicted octanol–water partition coefficient (Wildman–Crippen LogP) is -1.05. The van der Waals surface area contributed by atoms with Gasteiger partial charge in [0.05, 0.1) is 0 Å². The second kappa shape index (κ2) is 7.51. The lowest BCUT2D eigenvalue weighted by atomic mass is 10.3. The highest BCUT2D eigenvalue weighted by atomic mass is 16.7. The lowest BCUT2D eigenvalue weighted by Crippen LogP contribution is -2.29. The third-order valence-corrected chi connectivity index (χ3v) is 1.15. The van der Waals surface area contributed by atoms with Crippen molar-refractivity contribution in [2.45, 2.75) is 12.8 Å². The zero-order valence-corrected chi connectivity index (χ0v) is 7.54. The Kier molecular flexibility index (Phi) is 6.85. The van der Waals surface area contributed by atoms with Gasteiger partial charge < -0.3 is 10.5 Å². The van der Waals surface area contributed by atoms with Crippen molar-refractivity contribution in [3.63, 3.8) is 0 Å². The summed E-state index contributed by atoms with van der Waals surface area (Å²) in [4.78, 5) is 25.5. The average molecular weight is 190 g/mol. The Balaban J connectivity index is 3.25. The summed E-state index contributed by atoms with van der Waals surface area (Å²) in [6.07, 6.45) is 0.912. The van der Waals surface area contributed by atoms with E-state index in [2.05, 4.69) is 10.3 Å². The zero-order chi connectivity index (χ0) is 10.1. The Bertz CT molecular complexity index is 172. The molecule has 0 unspecified atom stereocenters. The highest BCUT2D eigenvalue weighted by Gasteiger charge is 2.01. The number of carbonyl (C=O) groups excluding carboxylic acids is 2. The van der Waals surface area contributed by atoms with Crippen molar-refractivity contribution < 1.29 is 19.2 Å². The van der Waals surface area contributed by atoms with E-state index in [0.717, 1.165) is 0 Å². The van der Waals surface area contributed by atoms with Gasteiger partial charge in [-0.2, -0.15) is 0 Å². The maximum atomic E-state index is 10.9. The number of ether oxygens (including phenoxy) is 1. The molecule has 6 nitrogen and oxygen atoms in total. The van der Waals surface area contributed by atoms with Crippen molar-refractivity contribution in [1.29, 1.82) is 0 Å². The lowest BCUT2D eigenvalue weighted by molar-refractivity contribution is -0.138. The zero-order valence-electron chi connectivity index (χ0n) is 7.54. The molecule has 0 radical (unpaired) electrons. The fourth-order valence-electron chi connectivity index (χ4n) is 0.616. The Morgan fingerprint density at radius 2 is 2.15 bits per heavy atom. The van der Waals surface area contributed by atoms with Crippen LogP contribution in [0.4, 0.5) is 0 Å². The van der Waals surface area contributed by atoms with E-state index in [0.29, 0.717) is 19.4 Å². The van der Waals surface area contributed by atoms with Crippen LogP contribution in [-0.4, -0.2) is 32.1 Å². The van der Waals surface area contributed by atoms with Crippen LogP contribution in [0.25, 0.3) is 0 Å². The second-order valence-electron chi connectivity index (χ2n) is 2.38. The van der Waals surface area contributed by atoms with E-state index in [-0.39, 0.29) is 12.5 Å². The molecular formula is C7H14N2O4. The van der Waals surface area contributed by atoms with E-state index < -0.39 is 5.91 Å². The van der Waals surface area contributed by atoms with Crippen molar-refractivity contribution in [2.75, 3.05) is 20.3 Å². The molecule has 0 bridgehead atoms. The van der Waals surface area contributed by atoms with Crippen molar-refractivity contribution in [1.82, 2.24) is 5.48 Å². The van der Waals surface area contributed by atoms with Gasteiger partial charge in [-0.15, -0.1) is 0 Å². The van der Waals surface area contributed by atoms with E-state index >= 15 is 0 Å². The first kappa shape index (κ1) is 11.9. The number of carbonyl (C=O) groups is 2. The molecule has 13 heavy (non-hydrogen) atoms. The molecule has 0 rings (SSSR count). The Labute approximate surface area is 76.3 Å². The van der Waals surface area contributed by atoms with E-state index in [4.69, 9.17) is 10.5 Å². The molecule has 0 fully saturated rings. The normalized spacial score (nSPS) is 9.62. The summed E-state index contributed by atoms with van der Waals surface area (Å²) >= 11 is 0. The standard InChI is InChI=1S/C7H14N2O4/c1-12-4-2-3-7(11)9-13-5-6(8)10/h2-5H2,1H3,(H2,8,10)(H,9,11). The third kappa shape index (κ3) is 8.77. The second-order valence-corrected chi connectivity index (χ2v) is 2.38. The van der Waals surface area contributed by atoms with Gasteiger partial charge in [0.25, 0.3) is 0 Å². The highest BCUT2D eigenvalue weighted by molar-refractivity contribution is 5.76. The summed E-state index contributed by atoms with van der Waals surface area (Å²) in [6, 6.07) is 0. The lowest BCUT2D eigenvalue weighted by Gasteiger charge is -2.03. The van der Waals surface area contributed by atoms with Gasteiger partial charge in [0, 0.05) is 20.1 Å². The summed E-state index contributed by atoms with van der Waals surface area (Å²) in [6.45, 7) is 0.208. The average Bonchev–Trinajstić information content (AvgIpc) is 2.04. The molecule has 0 spiro atoms. The maximum Gasteiger partial charge on any atom is 0.246 e. The summed E-state index contributed by atoms with van der Waals surface area (Å²) in [7, 11) is 1.56. The minimum atomic E-state index is -0.628. The molecule has 0 aromatic carbocycles. The van der Waals surface area contributed by atoms with Crippen LogP contribution in [0.5, 0.6) is 0 Å². The molecule has 0 aliphatic carbocycles. The first-order valence-corrected chi connectivity index (χ1v) is 3.84. The number of amides is 2. The van der Waals surface area contributed by atoms with E-state index in [1.54, 1.807) is 7.11 Å². The fourth-order valence-corrected chi connectivity index (χ4v) is 0.616. The first-order chi connectivity index (χ1) is 6.16. The molecule has 0 aromatic rings. The largest absolute Gasteiger partial charge is 0.385 e. The Morgan fingerprint density at radius 3 is 2.69 bits per heavy atom. The van der Waals surface area contributed by atoms with Crippen LogP contribution >= 0.6 is 0 Å². The molecule has 0 saturated heterocycles. The topological polar surface area (TPSA) is 90.7 Å². The molecule has 76 valence electrons. The van der Waals surface area contributed by atoms with Crippen LogP contribution in [0.1, 0.15) is 12.8 Å². The Morgan fingerprint density at radius 1 is 1.46 bits per heavy atom. The van der Waals surface area contributed by atoms with Gasteiger partial charge >= 0.3 is 0 Å². The molecule has 0 saturated carbocycles. The molecule has 0 aromatic heterocycles. The first-order valence-electron chi connectivity index (χ1n) is 3.84. The molecule has 6 heteroatoms. The van der Waals surface area contributed by atoms with Crippen molar-refractivity contribution in [2.24, 2.45) is 5.73 Å². The number of rotatable bonds is 7. The number of hydrogen-bond donors (Lipinski definition) is 2. The Hall–Kier alpha value is -1.14. The summed E-state index contributed by atoms with van der Waals surface area (Å²) in [5, 5.41) is 0. The third-order valence-electron chi connectivity index (χ3n) is 1.15. The number of primary amides is 1. The summed E-state index contributed by atoms with van der Waals surface area (Å²) in [5.74, 6) is -0.921. The molecule has 3 N–H and O–H groups in total. The molecule has 2 amide bonds. The van der Waals surface area contributed by atoms with Crippen molar-refractivity contribution >= 4 is 11.8 Å². The van der Waals surface area contributed by atoms with Gasteiger partial charge in [0.15, 0.2) is 6.61 Å². The van der Waals surface area contributed by atoms with Crippen LogP contribution in [0.3, 0.4) is 0 Å². The van der Waals surface area contributed by atoms with Crippen LogP contribution in [-0.2, 0) is 19.2 Å². The quantitative estimate of drug-likeness (QED) is 0.395. The van der Waals surface area contributed by atoms with Crippen molar-refractivity contribution in [3.8, 4) is 0 Å². The van der Waals surface area contributed by atoms with Gasteiger partial charge in [0.2, 0.25) is 11.8 Å². The number of hydroxylamine groups is 1. The molecule has 0 aliphatic heterocycles. The molecule has 0 atom stereocenters. The maximum absolute atomic E-state index is 10.9. The SMILES string of the molecule is COCCCC(=O)NOCC(N)=O. The van der Waals surface area contributed by atoms with Gasteiger partial charge in [-0.25, -0.2) is 5.48 Å². The highest BCUT2D eigenvalue weighted by Crippen LogP contribution is 1.88. The minimum absolute atomic E-state index is 0.293. The smallest absolute Gasteiger partial charge is 0.246 e. The molecule has 0 aliphatic rings. The number of nitrogens with one attached hydrogen (secondary N) is 1. The summed E-state index contributed by atoms with van der Waals surface area (Å²) < 4.78 is 4.74. The summed E-state index contributed by atoms with van der Waals surface area (Å²) in [5.41, 5.74) is 6.84. The monoisotopic (exact) mass is 190 g/mol. The van der Waals surface area contributed by atoms with Crippen LogP contribution < -0.4 is 11.2 Å². The van der Waals surface area contributed by atoms with Gasteiger partial charge in [-0.1, -0.05) is 0 Å². The van der Waals surface area contributed by atoms with E-state index in [1.807, 2.05) is 0 Å². The van der Waals surface area contributed by atoms with Gasteiger partial charge in [-0.05, 0) is 6.42 Å². The van der Waals surface area contributed by atoms with Crippen molar-refractivity contribution in [3.05, 3.63) is 0 Å². The fraction of sp³-hybridized carbons (Fsp3) is 0.714. The van der Waals surface area contributed by atoms with Crippen LogP contribution in [0.15, 0.2) is 0 Å². The molecular weight excluding hydrogens is 176 g/mol.